The molecule has 6 nitrogen and oxygen atoms in total. The Labute approximate surface area is 153 Å². The molecule has 3 amide bonds. The summed E-state index contributed by atoms with van der Waals surface area (Å²) in [5.41, 5.74) is 2.28. The fourth-order valence-electron chi connectivity index (χ4n) is 3.03. The van der Waals surface area contributed by atoms with E-state index in [0.29, 0.717) is 24.4 Å². The minimum atomic E-state index is -0.296. The van der Waals surface area contributed by atoms with Crippen LogP contribution in [0.5, 0.6) is 0 Å². The van der Waals surface area contributed by atoms with Crippen LogP contribution in [-0.2, 0) is 4.74 Å². The molecule has 1 fully saturated rings. The van der Waals surface area contributed by atoms with Crippen LogP contribution in [0.4, 0.5) is 10.5 Å². The monoisotopic (exact) mass is 353 g/mol. The lowest BCUT2D eigenvalue weighted by Gasteiger charge is -2.39. The van der Waals surface area contributed by atoms with Crippen molar-refractivity contribution in [3.63, 3.8) is 0 Å². The zero-order valence-electron chi connectivity index (χ0n) is 14.9. The van der Waals surface area contributed by atoms with Gasteiger partial charge in [0.15, 0.2) is 0 Å². The van der Waals surface area contributed by atoms with Crippen molar-refractivity contribution in [2.45, 2.75) is 19.1 Å². The van der Waals surface area contributed by atoms with Crippen molar-refractivity contribution in [1.82, 2.24) is 10.2 Å². The standard InChI is InChI=1S/C20H23N3O3/c1-14-12-23(18(13-26-14)15-6-4-3-5-7-15)19(24)16-8-10-17(11-9-16)22-20(25)21-2/h3-11,14,18H,12-13H2,1-2H3,(H2,21,22,25). The van der Waals surface area contributed by atoms with Gasteiger partial charge in [-0.15, -0.1) is 0 Å². The van der Waals surface area contributed by atoms with Crippen LogP contribution in [0.25, 0.3) is 0 Å². The highest BCUT2D eigenvalue weighted by Crippen LogP contribution is 2.28. The topological polar surface area (TPSA) is 70.7 Å². The number of amides is 3. The molecule has 1 saturated heterocycles. The second kappa shape index (κ2) is 8.01. The Balaban J connectivity index is 1.80. The van der Waals surface area contributed by atoms with Gasteiger partial charge in [-0.1, -0.05) is 30.3 Å². The molecule has 2 atom stereocenters. The van der Waals surface area contributed by atoms with Gasteiger partial charge in [0.1, 0.15) is 0 Å². The number of carbonyl (C=O) groups is 2. The molecule has 2 unspecified atom stereocenters. The molecule has 0 bridgehead atoms. The van der Waals surface area contributed by atoms with Gasteiger partial charge in [-0.05, 0) is 36.8 Å². The number of hydrogen-bond donors (Lipinski definition) is 2. The van der Waals surface area contributed by atoms with Crippen molar-refractivity contribution in [3.8, 4) is 0 Å². The Kier molecular flexibility index (Phi) is 5.53. The van der Waals surface area contributed by atoms with Crippen LogP contribution in [0.3, 0.4) is 0 Å². The summed E-state index contributed by atoms with van der Waals surface area (Å²) in [6.45, 7) is 2.99. The Bertz CT molecular complexity index is 762. The first kappa shape index (κ1) is 17.9. The van der Waals surface area contributed by atoms with Gasteiger partial charge in [-0.3, -0.25) is 4.79 Å². The third-order valence-corrected chi connectivity index (χ3v) is 4.43. The SMILES string of the molecule is CNC(=O)Nc1ccc(C(=O)N2CC(C)OCC2c2ccccc2)cc1. The van der Waals surface area contributed by atoms with E-state index in [1.807, 2.05) is 42.2 Å². The summed E-state index contributed by atoms with van der Waals surface area (Å²) >= 11 is 0. The molecule has 1 aliphatic heterocycles. The van der Waals surface area contributed by atoms with Gasteiger partial charge in [0.2, 0.25) is 0 Å². The summed E-state index contributed by atoms with van der Waals surface area (Å²) in [4.78, 5) is 26.3. The van der Waals surface area contributed by atoms with Crippen LogP contribution in [0.2, 0.25) is 0 Å². The maximum absolute atomic E-state index is 13.1. The molecule has 2 aromatic carbocycles. The van der Waals surface area contributed by atoms with Gasteiger partial charge >= 0.3 is 6.03 Å². The van der Waals surface area contributed by atoms with Crippen LogP contribution in [0.1, 0.15) is 28.9 Å². The van der Waals surface area contributed by atoms with Crippen LogP contribution in [-0.4, -0.2) is 43.1 Å². The van der Waals surface area contributed by atoms with Crippen molar-refractivity contribution in [2.75, 3.05) is 25.5 Å². The summed E-state index contributed by atoms with van der Waals surface area (Å²) in [6, 6.07) is 16.4. The molecule has 0 aliphatic carbocycles. The van der Waals surface area contributed by atoms with E-state index in [2.05, 4.69) is 10.6 Å². The first-order valence-corrected chi connectivity index (χ1v) is 8.65. The van der Waals surface area contributed by atoms with Crippen LogP contribution < -0.4 is 10.6 Å². The number of carbonyl (C=O) groups excluding carboxylic acids is 2. The number of benzene rings is 2. The van der Waals surface area contributed by atoms with Gasteiger partial charge in [-0.25, -0.2) is 4.79 Å². The van der Waals surface area contributed by atoms with Crippen molar-refractivity contribution in [2.24, 2.45) is 0 Å². The average Bonchev–Trinajstić information content (AvgIpc) is 2.68. The van der Waals surface area contributed by atoms with E-state index in [-0.39, 0.29) is 24.1 Å². The van der Waals surface area contributed by atoms with Gasteiger partial charge in [0.25, 0.3) is 5.91 Å². The molecule has 0 saturated carbocycles. The molecule has 0 aromatic heterocycles. The Morgan fingerprint density at radius 1 is 1.08 bits per heavy atom. The van der Waals surface area contributed by atoms with Gasteiger partial charge in [0, 0.05) is 24.8 Å². The van der Waals surface area contributed by atoms with Crippen molar-refractivity contribution in [1.29, 1.82) is 0 Å². The molecule has 2 aromatic rings. The highest BCUT2D eigenvalue weighted by atomic mass is 16.5. The van der Waals surface area contributed by atoms with Crippen molar-refractivity contribution in [3.05, 3.63) is 65.7 Å². The van der Waals surface area contributed by atoms with E-state index in [1.54, 1.807) is 31.3 Å². The van der Waals surface area contributed by atoms with Gasteiger partial charge in [-0.2, -0.15) is 0 Å². The number of nitrogens with one attached hydrogen (secondary N) is 2. The van der Waals surface area contributed by atoms with E-state index >= 15 is 0 Å². The maximum Gasteiger partial charge on any atom is 0.318 e. The average molecular weight is 353 g/mol. The first-order valence-electron chi connectivity index (χ1n) is 8.65. The fraction of sp³-hybridized carbons (Fsp3) is 0.300. The summed E-state index contributed by atoms with van der Waals surface area (Å²) in [5, 5.41) is 5.18. The number of hydrogen-bond acceptors (Lipinski definition) is 3. The molecule has 3 rings (SSSR count). The van der Waals surface area contributed by atoms with E-state index in [1.165, 1.54) is 0 Å². The second-order valence-electron chi connectivity index (χ2n) is 6.31. The number of urea groups is 1. The zero-order valence-corrected chi connectivity index (χ0v) is 14.9. The normalized spacial score (nSPS) is 19.7. The minimum Gasteiger partial charge on any atom is -0.374 e. The number of ether oxygens (including phenoxy) is 1. The fourth-order valence-corrected chi connectivity index (χ4v) is 3.03. The Hall–Kier alpha value is -2.86. The molecule has 26 heavy (non-hydrogen) atoms. The summed E-state index contributed by atoms with van der Waals surface area (Å²) in [5.74, 6) is -0.0412. The van der Waals surface area contributed by atoms with Crippen LogP contribution in [0, 0.1) is 0 Å². The predicted octanol–water partition coefficient (Wildman–Crippen LogP) is 3.04. The second-order valence-corrected chi connectivity index (χ2v) is 6.31. The molecule has 6 heteroatoms. The summed E-state index contributed by atoms with van der Waals surface area (Å²) in [6.07, 6.45) is -0.00639. The summed E-state index contributed by atoms with van der Waals surface area (Å²) < 4.78 is 5.79. The molecule has 2 N–H and O–H groups in total. The largest absolute Gasteiger partial charge is 0.374 e. The lowest BCUT2D eigenvalue weighted by molar-refractivity contribution is -0.0447. The molecule has 0 radical (unpaired) electrons. The van der Waals surface area contributed by atoms with Gasteiger partial charge < -0.3 is 20.3 Å². The molecule has 1 aliphatic rings. The maximum atomic E-state index is 13.1. The molecule has 1 heterocycles. The third-order valence-electron chi connectivity index (χ3n) is 4.43. The minimum absolute atomic E-state index is 0.00639. The number of morpholine rings is 1. The van der Waals surface area contributed by atoms with E-state index < -0.39 is 0 Å². The van der Waals surface area contributed by atoms with Crippen molar-refractivity contribution >= 4 is 17.6 Å². The number of nitrogens with zero attached hydrogens (tertiary/aromatic N) is 1. The Morgan fingerprint density at radius 3 is 2.42 bits per heavy atom. The lowest BCUT2D eigenvalue weighted by Crippen LogP contribution is -2.46. The van der Waals surface area contributed by atoms with E-state index in [0.717, 1.165) is 5.56 Å². The zero-order chi connectivity index (χ0) is 18.5. The van der Waals surface area contributed by atoms with Crippen molar-refractivity contribution < 1.29 is 14.3 Å². The molecule has 0 spiro atoms. The number of anilines is 1. The quantitative estimate of drug-likeness (QED) is 0.891. The summed E-state index contributed by atoms with van der Waals surface area (Å²) in [7, 11) is 1.55. The highest BCUT2D eigenvalue weighted by molar-refractivity contribution is 5.96. The van der Waals surface area contributed by atoms with E-state index in [9.17, 15) is 9.59 Å². The smallest absolute Gasteiger partial charge is 0.318 e. The Morgan fingerprint density at radius 2 is 1.77 bits per heavy atom. The predicted molar refractivity (Wildman–Crippen MR) is 100 cm³/mol. The number of rotatable bonds is 3. The van der Waals surface area contributed by atoms with E-state index in [4.69, 9.17) is 4.74 Å². The van der Waals surface area contributed by atoms with Crippen LogP contribution in [0.15, 0.2) is 54.6 Å². The molecular formula is C20H23N3O3. The van der Waals surface area contributed by atoms with Gasteiger partial charge in [0.05, 0.1) is 18.8 Å². The van der Waals surface area contributed by atoms with Crippen LogP contribution >= 0.6 is 0 Å². The molecule has 136 valence electrons. The molecular weight excluding hydrogens is 330 g/mol. The lowest BCUT2D eigenvalue weighted by atomic mass is 10.0. The highest BCUT2D eigenvalue weighted by Gasteiger charge is 2.32. The third kappa shape index (κ3) is 4.03. The first-order chi connectivity index (χ1) is 12.6.